The molecule has 2 rings (SSSR count). The quantitative estimate of drug-likeness (QED) is 0.869. The van der Waals surface area contributed by atoms with Gasteiger partial charge in [-0.1, -0.05) is 52.3 Å². The molecule has 0 saturated heterocycles. The molecule has 0 fully saturated rings. The van der Waals surface area contributed by atoms with Crippen molar-refractivity contribution < 1.29 is 8.76 Å². The number of hydrogen-bond acceptors (Lipinski definition) is 1. The standard InChI is InChI=1S/C14H13BrO2S/c15-14-6-2-4-12(9-14)7-11-3-1-5-13(8-11)10-18(16)17/h1-6,8-9H,7,10H2,(H,16,17). The maximum absolute atomic E-state index is 10.8. The Morgan fingerprint density at radius 3 is 2.28 bits per heavy atom. The molecule has 0 spiro atoms. The lowest BCUT2D eigenvalue weighted by atomic mass is 10.0. The zero-order chi connectivity index (χ0) is 13.0. The molecule has 1 unspecified atom stereocenters. The van der Waals surface area contributed by atoms with Crippen LogP contribution in [-0.2, 0) is 23.3 Å². The molecule has 2 nitrogen and oxygen atoms in total. The minimum absolute atomic E-state index is 0.187. The molecule has 0 aromatic heterocycles. The highest BCUT2D eigenvalue weighted by Gasteiger charge is 2.01. The minimum atomic E-state index is -1.78. The fraction of sp³-hybridized carbons (Fsp3) is 0.143. The van der Waals surface area contributed by atoms with Gasteiger partial charge in [0.1, 0.15) is 0 Å². The number of benzene rings is 2. The summed E-state index contributed by atoms with van der Waals surface area (Å²) in [7, 11) is 0. The third-order valence-corrected chi connectivity index (χ3v) is 3.65. The first-order valence-corrected chi connectivity index (χ1v) is 7.60. The summed E-state index contributed by atoms with van der Waals surface area (Å²) in [6.45, 7) is 0. The van der Waals surface area contributed by atoms with E-state index in [1.807, 2.05) is 36.4 Å². The first kappa shape index (κ1) is 13.5. The number of rotatable bonds is 4. The van der Waals surface area contributed by atoms with Gasteiger partial charge in [-0.05, 0) is 35.2 Å². The van der Waals surface area contributed by atoms with Gasteiger partial charge in [0.2, 0.25) is 0 Å². The van der Waals surface area contributed by atoms with Gasteiger partial charge in [-0.3, -0.25) is 0 Å². The lowest BCUT2D eigenvalue weighted by Gasteiger charge is -2.05. The van der Waals surface area contributed by atoms with Crippen LogP contribution in [0.4, 0.5) is 0 Å². The van der Waals surface area contributed by atoms with Gasteiger partial charge in [-0.25, -0.2) is 4.21 Å². The zero-order valence-electron chi connectivity index (χ0n) is 9.67. The van der Waals surface area contributed by atoms with Crippen LogP contribution in [0.2, 0.25) is 0 Å². The first-order chi connectivity index (χ1) is 8.63. The van der Waals surface area contributed by atoms with E-state index in [9.17, 15) is 4.21 Å². The summed E-state index contributed by atoms with van der Waals surface area (Å²) in [4.78, 5) is 0. The van der Waals surface area contributed by atoms with Gasteiger partial charge in [-0.15, -0.1) is 0 Å². The minimum Gasteiger partial charge on any atom is -0.306 e. The molecule has 0 aliphatic heterocycles. The Labute approximate surface area is 117 Å². The number of halogens is 1. The van der Waals surface area contributed by atoms with Gasteiger partial charge >= 0.3 is 0 Å². The largest absolute Gasteiger partial charge is 0.306 e. The van der Waals surface area contributed by atoms with Gasteiger partial charge in [0.05, 0.1) is 5.75 Å². The highest BCUT2D eigenvalue weighted by molar-refractivity contribution is 9.10. The molecule has 0 heterocycles. The van der Waals surface area contributed by atoms with Crippen molar-refractivity contribution in [1.29, 1.82) is 0 Å². The van der Waals surface area contributed by atoms with Crippen molar-refractivity contribution in [1.82, 2.24) is 0 Å². The number of hydrogen-bond donors (Lipinski definition) is 1. The average Bonchev–Trinajstić information content (AvgIpc) is 2.28. The van der Waals surface area contributed by atoms with Crippen LogP contribution in [0.25, 0.3) is 0 Å². The van der Waals surface area contributed by atoms with E-state index < -0.39 is 11.1 Å². The summed E-state index contributed by atoms with van der Waals surface area (Å²) in [6, 6.07) is 16.0. The van der Waals surface area contributed by atoms with Gasteiger partial charge in [0.15, 0.2) is 11.1 Å². The zero-order valence-corrected chi connectivity index (χ0v) is 12.1. The van der Waals surface area contributed by atoms with Gasteiger partial charge in [0, 0.05) is 4.47 Å². The normalized spacial score (nSPS) is 12.3. The van der Waals surface area contributed by atoms with E-state index in [1.165, 1.54) is 5.56 Å². The van der Waals surface area contributed by atoms with Crippen LogP contribution >= 0.6 is 15.9 Å². The van der Waals surface area contributed by atoms with Gasteiger partial charge in [0.25, 0.3) is 0 Å². The maximum atomic E-state index is 10.8. The van der Waals surface area contributed by atoms with Crippen molar-refractivity contribution in [3.05, 3.63) is 69.7 Å². The van der Waals surface area contributed by atoms with Crippen LogP contribution in [0.1, 0.15) is 16.7 Å². The van der Waals surface area contributed by atoms with Crippen LogP contribution < -0.4 is 0 Å². The molecule has 2 aromatic carbocycles. The Balaban J connectivity index is 2.16. The van der Waals surface area contributed by atoms with Crippen LogP contribution in [0.3, 0.4) is 0 Å². The van der Waals surface area contributed by atoms with Gasteiger partial charge < -0.3 is 4.55 Å². The predicted octanol–water partition coefficient (Wildman–Crippen LogP) is 3.76. The second-order valence-electron chi connectivity index (χ2n) is 4.09. The molecule has 94 valence electrons. The second-order valence-corrected chi connectivity index (χ2v) is 5.94. The molecule has 1 atom stereocenters. The second kappa shape index (κ2) is 6.27. The third kappa shape index (κ3) is 4.05. The summed E-state index contributed by atoms with van der Waals surface area (Å²) in [5, 5.41) is 0. The summed E-state index contributed by atoms with van der Waals surface area (Å²) in [5.74, 6) is 0.187. The Morgan fingerprint density at radius 2 is 1.61 bits per heavy atom. The molecule has 0 radical (unpaired) electrons. The molecular formula is C14H13BrO2S. The Hall–Kier alpha value is -0.970. The van der Waals surface area contributed by atoms with Crippen molar-refractivity contribution in [2.75, 3.05) is 0 Å². The lowest BCUT2D eigenvalue weighted by Crippen LogP contribution is -1.95. The highest BCUT2D eigenvalue weighted by Crippen LogP contribution is 2.16. The fourth-order valence-electron chi connectivity index (χ4n) is 1.85. The molecule has 0 amide bonds. The Bertz CT molecular complexity index is 569. The maximum Gasteiger partial charge on any atom is 0.157 e. The molecule has 0 aliphatic carbocycles. The van der Waals surface area contributed by atoms with E-state index in [0.29, 0.717) is 0 Å². The van der Waals surface area contributed by atoms with E-state index in [-0.39, 0.29) is 5.75 Å². The lowest BCUT2D eigenvalue weighted by molar-refractivity contribution is 0.563. The van der Waals surface area contributed by atoms with Gasteiger partial charge in [-0.2, -0.15) is 0 Å². The topological polar surface area (TPSA) is 37.3 Å². The monoisotopic (exact) mass is 324 g/mol. The summed E-state index contributed by atoms with van der Waals surface area (Å²) in [6.07, 6.45) is 0.825. The first-order valence-electron chi connectivity index (χ1n) is 5.53. The fourth-order valence-corrected chi connectivity index (χ4v) is 2.77. The van der Waals surface area contributed by atoms with E-state index in [4.69, 9.17) is 4.55 Å². The molecular weight excluding hydrogens is 312 g/mol. The molecule has 2 aromatic rings. The van der Waals surface area contributed by atoms with Crippen molar-refractivity contribution in [3.8, 4) is 0 Å². The van der Waals surface area contributed by atoms with Crippen molar-refractivity contribution in [2.45, 2.75) is 12.2 Å². The smallest absolute Gasteiger partial charge is 0.157 e. The molecule has 18 heavy (non-hydrogen) atoms. The molecule has 0 saturated carbocycles. The van der Waals surface area contributed by atoms with Crippen molar-refractivity contribution in [2.24, 2.45) is 0 Å². The third-order valence-electron chi connectivity index (χ3n) is 2.58. The van der Waals surface area contributed by atoms with Crippen LogP contribution in [-0.4, -0.2) is 8.76 Å². The van der Waals surface area contributed by atoms with Crippen molar-refractivity contribution >= 4 is 27.0 Å². The molecule has 4 heteroatoms. The molecule has 1 N–H and O–H groups in total. The van der Waals surface area contributed by atoms with E-state index in [1.54, 1.807) is 0 Å². The van der Waals surface area contributed by atoms with E-state index >= 15 is 0 Å². The summed E-state index contributed by atoms with van der Waals surface area (Å²) < 4.78 is 20.7. The van der Waals surface area contributed by atoms with Crippen molar-refractivity contribution in [3.63, 3.8) is 0 Å². The van der Waals surface area contributed by atoms with E-state index in [2.05, 4.69) is 28.1 Å². The van der Waals surface area contributed by atoms with Crippen LogP contribution in [0.5, 0.6) is 0 Å². The molecule has 0 aliphatic rings. The molecule has 0 bridgehead atoms. The van der Waals surface area contributed by atoms with E-state index in [0.717, 1.165) is 22.0 Å². The summed E-state index contributed by atoms with van der Waals surface area (Å²) >= 11 is 1.67. The Kier molecular flexibility index (Phi) is 4.69. The summed E-state index contributed by atoms with van der Waals surface area (Å²) in [5.41, 5.74) is 3.26. The SMILES string of the molecule is O=S(O)Cc1cccc(Cc2cccc(Br)c2)c1. The Morgan fingerprint density at radius 1 is 1.00 bits per heavy atom. The van der Waals surface area contributed by atoms with Crippen LogP contribution in [0.15, 0.2) is 53.0 Å². The van der Waals surface area contributed by atoms with Crippen LogP contribution in [0, 0.1) is 0 Å². The highest BCUT2D eigenvalue weighted by atomic mass is 79.9. The predicted molar refractivity (Wildman–Crippen MR) is 77.9 cm³/mol. The average molecular weight is 325 g/mol.